The van der Waals surface area contributed by atoms with Gasteiger partial charge in [-0.05, 0) is 47.9 Å². The van der Waals surface area contributed by atoms with Crippen LogP contribution in [0.4, 0.5) is 4.39 Å². The smallest absolute Gasteiger partial charge is 0.124 e. The van der Waals surface area contributed by atoms with Gasteiger partial charge < -0.3 is 5.11 Å². The Morgan fingerprint density at radius 2 is 2.00 bits per heavy atom. The Hall–Kier alpha value is -0.900. The van der Waals surface area contributed by atoms with Gasteiger partial charge in [0.2, 0.25) is 0 Å². The van der Waals surface area contributed by atoms with Crippen molar-refractivity contribution in [2.45, 2.75) is 19.4 Å². The molecule has 100 valence electrons. The highest BCUT2D eigenvalue weighted by Gasteiger charge is 2.13. The summed E-state index contributed by atoms with van der Waals surface area (Å²) in [5, 5.41) is 10.7. The van der Waals surface area contributed by atoms with Gasteiger partial charge in [-0.3, -0.25) is 0 Å². The van der Waals surface area contributed by atoms with Gasteiger partial charge in [-0.15, -0.1) is 0 Å². The van der Waals surface area contributed by atoms with Crippen LogP contribution in [0, 0.1) is 12.7 Å². The van der Waals surface area contributed by atoms with Crippen LogP contribution in [0.2, 0.25) is 5.02 Å². The van der Waals surface area contributed by atoms with Crippen molar-refractivity contribution in [3.63, 3.8) is 0 Å². The summed E-state index contributed by atoms with van der Waals surface area (Å²) < 4.78 is 13.9. The lowest BCUT2D eigenvalue weighted by Crippen LogP contribution is -2.03. The van der Waals surface area contributed by atoms with Crippen molar-refractivity contribution in [3.05, 3.63) is 68.4 Å². The van der Waals surface area contributed by atoms with Gasteiger partial charge >= 0.3 is 0 Å². The molecule has 0 bridgehead atoms. The number of benzene rings is 2. The molecule has 0 aromatic heterocycles. The molecule has 0 spiro atoms. The zero-order chi connectivity index (χ0) is 14.0. The molecule has 2 rings (SSSR count). The molecule has 1 unspecified atom stereocenters. The molecule has 2 aromatic rings. The fourth-order valence-corrected chi connectivity index (χ4v) is 2.84. The molecule has 1 N–H and O–H groups in total. The summed E-state index contributed by atoms with van der Waals surface area (Å²) in [5.41, 5.74) is 2.41. The van der Waals surface area contributed by atoms with Gasteiger partial charge in [-0.2, -0.15) is 0 Å². The molecular weight excluding hydrogens is 331 g/mol. The largest absolute Gasteiger partial charge is 0.388 e. The Bertz CT molecular complexity index is 580. The highest BCUT2D eigenvalue weighted by atomic mass is 79.9. The Morgan fingerprint density at radius 1 is 1.26 bits per heavy atom. The molecule has 0 fully saturated rings. The Labute approximate surface area is 125 Å². The summed E-state index contributed by atoms with van der Waals surface area (Å²) in [5.74, 6) is -0.327. The number of aliphatic hydroxyl groups excluding tert-OH is 1. The number of rotatable bonds is 3. The maximum absolute atomic E-state index is 13.3. The third-order valence-corrected chi connectivity index (χ3v) is 3.65. The topological polar surface area (TPSA) is 20.2 Å². The summed E-state index contributed by atoms with van der Waals surface area (Å²) in [6, 6.07) is 10.1. The van der Waals surface area contributed by atoms with Crippen molar-refractivity contribution >= 4 is 27.5 Å². The summed E-state index contributed by atoms with van der Waals surface area (Å²) in [4.78, 5) is 0. The summed E-state index contributed by atoms with van der Waals surface area (Å²) in [6.07, 6.45) is -0.430. The molecule has 19 heavy (non-hydrogen) atoms. The molecule has 1 atom stereocenters. The van der Waals surface area contributed by atoms with E-state index < -0.39 is 6.10 Å². The first-order valence-corrected chi connectivity index (χ1v) is 7.02. The molecule has 0 aliphatic carbocycles. The standard InChI is InChI=1S/C15H13BrClFO/c1-9-2-3-13(14(17)4-9)15(19)7-10-5-11(16)8-12(18)6-10/h2-6,8,15,19H,7H2,1H3. The second-order valence-electron chi connectivity index (χ2n) is 4.52. The first-order valence-electron chi connectivity index (χ1n) is 5.85. The third-order valence-electron chi connectivity index (χ3n) is 2.87. The number of aryl methyl sites for hydroxylation is 1. The van der Waals surface area contributed by atoms with Gasteiger partial charge in [0.15, 0.2) is 0 Å². The monoisotopic (exact) mass is 342 g/mol. The van der Waals surface area contributed by atoms with E-state index in [0.717, 1.165) is 11.1 Å². The fraction of sp³-hybridized carbons (Fsp3) is 0.200. The van der Waals surface area contributed by atoms with E-state index in [-0.39, 0.29) is 5.82 Å². The molecule has 1 nitrogen and oxygen atoms in total. The average molecular weight is 344 g/mol. The highest BCUT2D eigenvalue weighted by molar-refractivity contribution is 9.10. The first kappa shape index (κ1) is 14.5. The minimum absolute atomic E-state index is 0.319. The highest BCUT2D eigenvalue weighted by Crippen LogP contribution is 2.27. The van der Waals surface area contributed by atoms with Gasteiger partial charge in [0.1, 0.15) is 5.82 Å². The van der Waals surface area contributed by atoms with Crippen LogP contribution in [0.1, 0.15) is 22.8 Å². The second kappa shape index (κ2) is 6.04. The van der Waals surface area contributed by atoms with Crippen molar-refractivity contribution in [1.82, 2.24) is 0 Å². The third kappa shape index (κ3) is 3.78. The lowest BCUT2D eigenvalue weighted by molar-refractivity contribution is 0.178. The van der Waals surface area contributed by atoms with Crippen LogP contribution in [0.5, 0.6) is 0 Å². The van der Waals surface area contributed by atoms with Crippen LogP contribution in [-0.2, 0) is 6.42 Å². The number of aliphatic hydroxyl groups is 1. The molecule has 0 heterocycles. The van der Waals surface area contributed by atoms with Crippen molar-refractivity contribution in [2.75, 3.05) is 0 Å². The molecule has 0 saturated heterocycles. The van der Waals surface area contributed by atoms with Crippen LogP contribution < -0.4 is 0 Å². The van der Waals surface area contributed by atoms with E-state index in [1.165, 1.54) is 12.1 Å². The maximum Gasteiger partial charge on any atom is 0.124 e. The van der Waals surface area contributed by atoms with E-state index >= 15 is 0 Å². The van der Waals surface area contributed by atoms with E-state index in [9.17, 15) is 9.50 Å². The summed E-state index contributed by atoms with van der Waals surface area (Å²) >= 11 is 9.35. The van der Waals surface area contributed by atoms with Crippen molar-refractivity contribution in [1.29, 1.82) is 0 Å². The van der Waals surface area contributed by atoms with Crippen LogP contribution in [0.15, 0.2) is 40.9 Å². The SMILES string of the molecule is Cc1ccc(C(O)Cc2cc(F)cc(Br)c2)c(Cl)c1. The first-order chi connectivity index (χ1) is 8.95. The van der Waals surface area contributed by atoms with Crippen LogP contribution in [0.3, 0.4) is 0 Å². The maximum atomic E-state index is 13.3. The van der Waals surface area contributed by atoms with Crippen molar-refractivity contribution < 1.29 is 9.50 Å². The molecule has 0 amide bonds. The zero-order valence-corrected chi connectivity index (χ0v) is 12.7. The zero-order valence-electron chi connectivity index (χ0n) is 10.3. The van der Waals surface area contributed by atoms with E-state index in [1.807, 2.05) is 19.1 Å². The van der Waals surface area contributed by atoms with Crippen LogP contribution in [-0.4, -0.2) is 5.11 Å². The van der Waals surface area contributed by atoms with E-state index in [1.54, 1.807) is 12.1 Å². The Morgan fingerprint density at radius 3 is 2.63 bits per heavy atom. The fourth-order valence-electron chi connectivity index (χ4n) is 1.96. The predicted octanol–water partition coefficient (Wildman–Crippen LogP) is 4.83. The molecular formula is C15H13BrClFO. The number of hydrogen-bond acceptors (Lipinski definition) is 1. The van der Waals surface area contributed by atoms with E-state index in [4.69, 9.17) is 11.6 Å². The second-order valence-corrected chi connectivity index (χ2v) is 5.85. The Kier molecular flexibility index (Phi) is 4.61. The van der Waals surface area contributed by atoms with Crippen LogP contribution in [0.25, 0.3) is 0 Å². The number of hydrogen-bond donors (Lipinski definition) is 1. The summed E-state index contributed by atoms with van der Waals surface area (Å²) in [7, 11) is 0. The minimum atomic E-state index is -0.748. The van der Waals surface area contributed by atoms with Gasteiger partial charge in [0, 0.05) is 15.9 Å². The van der Waals surface area contributed by atoms with Crippen molar-refractivity contribution in [2.24, 2.45) is 0 Å². The Balaban J connectivity index is 2.22. The van der Waals surface area contributed by atoms with E-state index in [2.05, 4.69) is 15.9 Å². The predicted molar refractivity (Wildman–Crippen MR) is 79.0 cm³/mol. The lowest BCUT2D eigenvalue weighted by atomic mass is 10.0. The molecule has 0 saturated carbocycles. The molecule has 4 heteroatoms. The quantitative estimate of drug-likeness (QED) is 0.846. The normalized spacial score (nSPS) is 12.5. The van der Waals surface area contributed by atoms with Gasteiger partial charge in [0.05, 0.1) is 6.10 Å². The minimum Gasteiger partial charge on any atom is -0.388 e. The molecule has 0 aliphatic rings. The van der Waals surface area contributed by atoms with Gasteiger partial charge in [-0.1, -0.05) is 39.7 Å². The molecule has 0 radical (unpaired) electrons. The van der Waals surface area contributed by atoms with E-state index in [0.29, 0.717) is 21.5 Å². The molecule has 2 aromatic carbocycles. The molecule has 0 aliphatic heterocycles. The van der Waals surface area contributed by atoms with Gasteiger partial charge in [0.25, 0.3) is 0 Å². The average Bonchev–Trinajstić information content (AvgIpc) is 2.26. The van der Waals surface area contributed by atoms with Gasteiger partial charge in [-0.25, -0.2) is 4.39 Å². The van der Waals surface area contributed by atoms with Crippen LogP contribution >= 0.6 is 27.5 Å². The van der Waals surface area contributed by atoms with Crippen molar-refractivity contribution in [3.8, 4) is 0 Å². The lowest BCUT2D eigenvalue weighted by Gasteiger charge is -2.13. The number of halogens is 3. The summed E-state index contributed by atoms with van der Waals surface area (Å²) in [6.45, 7) is 1.94.